The maximum atomic E-state index is 5.89. The first-order chi connectivity index (χ1) is 10.1. The van der Waals surface area contributed by atoms with Gasteiger partial charge in [-0.25, -0.2) is 0 Å². The van der Waals surface area contributed by atoms with Gasteiger partial charge >= 0.3 is 0 Å². The average molecular weight is 280 g/mol. The minimum Gasteiger partial charge on any atom is -0.271 e. The van der Waals surface area contributed by atoms with Gasteiger partial charge in [-0.3, -0.25) is 11.3 Å². The van der Waals surface area contributed by atoms with Gasteiger partial charge in [0, 0.05) is 11.5 Å². The van der Waals surface area contributed by atoms with Crippen molar-refractivity contribution in [1.82, 2.24) is 5.43 Å². The van der Waals surface area contributed by atoms with E-state index in [1.54, 1.807) is 0 Å². The van der Waals surface area contributed by atoms with E-state index < -0.39 is 0 Å². The van der Waals surface area contributed by atoms with E-state index in [1.165, 1.54) is 23.1 Å². The van der Waals surface area contributed by atoms with Crippen molar-refractivity contribution >= 4 is 0 Å². The highest BCUT2D eigenvalue weighted by Gasteiger charge is 2.35. The summed E-state index contributed by atoms with van der Waals surface area (Å²) in [6, 6.07) is 19.7. The fourth-order valence-electron chi connectivity index (χ4n) is 3.50. The van der Waals surface area contributed by atoms with Crippen LogP contribution in [0.2, 0.25) is 0 Å². The summed E-state index contributed by atoms with van der Waals surface area (Å²) in [6.07, 6.45) is 2.26. The van der Waals surface area contributed by atoms with Crippen molar-refractivity contribution in [2.45, 2.75) is 44.1 Å². The van der Waals surface area contributed by atoms with E-state index in [4.69, 9.17) is 5.84 Å². The van der Waals surface area contributed by atoms with Crippen LogP contribution in [0, 0.1) is 0 Å². The molecule has 3 rings (SSSR count). The molecule has 2 nitrogen and oxygen atoms in total. The van der Waals surface area contributed by atoms with Gasteiger partial charge in [-0.15, -0.1) is 0 Å². The van der Waals surface area contributed by atoms with Crippen LogP contribution in [0.25, 0.3) is 0 Å². The van der Waals surface area contributed by atoms with E-state index in [0.29, 0.717) is 5.92 Å². The van der Waals surface area contributed by atoms with Crippen molar-refractivity contribution in [1.29, 1.82) is 0 Å². The smallest absolute Gasteiger partial charge is 0.0307 e. The molecule has 110 valence electrons. The molecular formula is C19H24N2. The first-order valence-corrected chi connectivity index (χ1v) is 7.72. The van der Waals surface area contributed by atoms with E-state index in [9.17, 15) is 0 Å². The van der Waals surface area contributed by atoms with Gasteiger partial charge in [-0.1, -0.05) is 68.4 Å². The van der Waals surface area contributed by atoms with Crippen LogP contribution >= 0.6 is 0 Å². The molecule has 2 aromatic rings. The molecule has 0 amide bonds. The maximum absolute atomic E-state index is 5.89. The molecule has 0 fully saturated rings. The molecule has 0 radical (unpaired) electrons. The van der Waals surface area contributed by atoms with Crippen LogP contribution in [-0.2, 0) is 11.8 Å². The highest BCUT2D eigenvalue weighted by atomic mass is 15.2. The van der Waals surface area contributed by atoms with Gasteiger partial charge in [0.25, 0.3) is 0 Å². The van der Waals surface area contributed by atoms with Crippen LogP contribution in [0.3, 0.4) is 0 Å². The molecule has 2 aromatic carbocycles. The van der Waals surface area contributed by atoms with Crippen molar-refractivity contribution < 1.29 is 0 Å². The van der Waals surface area contributed by atoms with Gasteiger partial charge in [0.15, 0.2) is 0 Å². The molecular weight excluding hydrogens is 256 g/mol. The quantitative estimate of drug-likeness (QED) is 0.649. The monoisotopic (exact) mass is 280 g/mol. The lowest BCUT2D eigenvalue weighted by Gasteiger charge is -2.40. The minimum atomic E-state index is 0.0144. The molecule has 1 aliphatic rings. The fraction of sp³-hybridized carbons (Fsp3) is 0.368. The van der Waals surface area contributed by atoms with Gasteiger partial charge in [-0.05, 0) is 35.4 Å². The summed E-state index contributed by atoms with van der Waals surface area (Å²) in [5.74, 6) is 6.52. The zero-order chi connectivity index (χ0) is 14.9. The lowest BCUT2D eigenvalue weighted by Crippen LogP contribution is -2.49. The molecule has 2 heteroatoms. The maximum Gasteiger partial charge on any atom is 0.0307 e. The number of hydrogen-bond donors (Lipinski definition) is 2. The Morgan fingerprint density at radius 3 is 2.43 bits per heavy atom. The number of fused-ring (bicyclic) bond motifs is 1. The molecule has 0 spiro atoms. The molecule has 0 aliphatic heterocycles. The Hall–Kier alpha value is -1.64. The molecule has 0 bridgehead atoms. The zero-order valence-corrected chi connectivity index (χ0v) is 12.8. The highest BCUT2D eigenvalue weighted by molar-refractivity contribution is 5.40. The zero-order valence-electron chi connectivity index (χ0n) is 12.8. The summed E-state index contributed by atoms with van der Waals surface area (Å²) >= 11 is 0. The Morgan fingerprint density at radius 1 is 1.10 bits per heavy atom. The van der Waals surface area contributed by atoms with Gasteiger partial charge in [0.05, 0.1) is 0 Å². The van der Waals surface area contributed by atoms with E-state index in [1.807, 2.05) is 0 Å². The molecule has 2 unspecified atom stereocenters. The SMILES string of the molecule is CC(C)(c1ccccc1)C(CC1Cc2ccccc21)NN. The summed E-state index contributed by atoms with van der Waals surface area (Å²) in [5, 5.41) is 0. The van der Waals surface area contributed by atoms with Crippen molar-refractivity contribution in [2.75, 3.05) is 0 Å². The number of benzene rings is 2. The Morgan fingerprint density at radius 2 is 1.76 bits per heavy atom. The predicted molar refractivity (Wildman–Crippen MR) is 88.1 cm³/mol. The summed E-state index contributed by atoms with van der Waals surface area (Å²) in [5.41, 5.74) is 7.42. The third kappa shape index (κ3) is 2.61. The Labute approximate surface area is 127 Å². The van der Waals surface area contributed by atoms with Crippen LogP contribution in [0.4, 0.5) is 0 Å². The van der Waals surface area contributed by atoms with Crippen LogP contribution < -0.4 is 11.3 Å². The molecule has 3 N–H and O–H groups in total. The Kier molecular flexibility index (Phi) is 3.83. The highest BCUT2D eigenvalue weighted by Crippen LogP contribution is 2.41. The molecule has 0 heterocycles. The van der Waals surface area contributed by atoms with Crippen molar-refractivity contribution in [3.05, 3.63) is 71.3 Å². The summed E-state index contributed by atoms with van der Waals surface area (Å²) in [6.45, 7) is 4.55. The largest absolute Gasteiger partial charge is 0.271 e. The number of nitrogens with one attached hydrogen (secondary N) is 1. The third-order valence-electron chi connectivity index (χ3n) is 5.07. The van der Waals surface area contributed by atoms with Crippen molar-refractivity contribution in [2.24, 2.45) is 5.84 Å². The van der Waals surface area contributed by atoms with E-state index >= 15 is 0 Å². The second-order valence-electron chi connectivity index (χ2n) is 6.64. The number of hydrazine groups is 1. The molecule has 1 aliphatic carbocycles. The predicted octanol–water partition coefficient (Wildman–Crippen LogP) is 3.53. The van der Waals surface area contributed by atoms with Crippen LogP contribution in [0.1, 0.15) is 42.9 Å². The number of rotatable bonds is 5. The first kappa shape index (κ1) is 14.3. The van der Waals surface area contributed by atoms with Crippen LogP contribution in [-0.4, -0.2) is 6.04 Å². The lowest BCUT2D eigenvalue weighted by molar-refractivity contribution is 0.298. The van der Waals surface area contributed by atoms with Gasteiger partial charge in [-0.2, -0.15) is 0 Å². The first-order valence-electron chi connectivity index (χ1n) is 7.72. The number of hydrogen-bond acceptors (Lipinski definition) is 2. The third-order valence-corrected chi connectivity index (χ3v) is 5.07. The van der Waals surface area contributed by atoms with Gasteiger partial charge in [0.2, 0.25) is 0 Å². The molecule has 21 heavy (non-hydrogen) atoms. The van der Waals surface area contributed by atoms with Crippen LogP contribution in [0.15, 0.2) is 54.6 Å². The summed E-state index contributed by atoms with van der Waals surface area (Å²) in [7, 11) is 0. The molecule has 0 saturated carbocycles. The Balaban J connectivity index is 1.77. The lowest BCUT2D eigenvalue weighted by atomic mass is 9.68. The van der Waals surface area contributed by atoms with Gasteiger partial charge < -0.3 is 0 Å². The average Bonchev–Trinajstić information content (AvgIpc) is 2.49. The molecule has 0 saturated heterocycles. The standard InChI is InChI=1S/C19H24N2/c1-19(2,16-9-4-3-5-10-16)18(21-20)13-15-12-14-8-6-7-11-17(14)15/h3-11,15,18,21H,12-13,20H2,1-2H3. The second kappa shape index (κ2) is 5.63. The van der Waals surface area contributed by atoms with Crippen LogP contribution in [0.5, 0.6) is 0 Å². The Bertz CT molecular complexity index is 604. The summed E-state index contributed by atoms with van der Waals surface area (Å²) in [4.78, 5) is 0. The van der Waals surface area contributed by atoms with E-state index in [0.717, 1.165) is 6.42 Å². The molecule has 2 atom stereocenters. The van der Waals surface area contributed by atoms with E-state index in [2.05, 4.69) is 73.9 Å². The topological polar surface area (TPSA) is 38.0 Å². The molecule has 0 aromatic heterocycles. The van der Waals surface area contributed by atoms with E-state index in [-0.39, 0.29) is 11.5 Å². The minimum absolute atomic E-state index is 0.0144. The summed E-state index contributed by atoms with van der Waals surface area (Å²) < 4.78 is 0. The second-order valence-corrected chi connectivity index (χ2v) is 6.64. The van der Waals surface area contributed by atoms with Gasteiger partial charge in [0.1, 0.15) is 0 Å². The van der Waals surface area contributed by atoms with Crippen molar-refractivity contribution in [3.63, 3.8) is 0 Å². The fourth-order valence-corrected chi connectivity index (χ4v) is 3.50. The number of nitrogens with two attached hydrogens (primary N) is 1. The normalized spacial score (nSPS) is 18.7. The van der Waals surface area contributed by atoms with Crippen molar-refractivity contribution in [3.8, 4) is 0 Å².